The topological polar surface area (TPSA) is 67.2 Å². The third-order valence-corrected chi connectivity index (χ3v) is 4.39. The van der Waals surface area contributed by atoms with Crippen LogP contribution in [0.2, 0.25) is 0 Å². The van der Waals surface area contributed by atoms with Crippen molar-refractivity contribution in [2.24, 2.45) is 0 Å². The summed E-state index contributed by atoms with van der Waals surface area (Å²) in [6.45, 7) is 5.68. The van der Waals surface area contributed by atoms with Crippen molar-refractivity contribution in [2.45, 2.75) is 46.2 Å². The van der Waals surface area contributed by atoms with E-state index in [0.717, 1.165) is 17.1 Å². The lowest BCUT2D eigenvalue weighted by molar-refractivity contribution is -0.122. The Labute approximate surface area is 147 Å². The van der Waals surface area contributed by atoms with Crippen molar-refractivity contribution in [3.05, 3.63) is 47.2 Å². The number of carbonyl (C=O) groups excluding carboxylic acids is 2. The van der Waals surface area contributed by atoms with Gasteiger partial charge < -0.3 is 5.32 Å². The summed E-state index contributed by atoms with van der Waals surface area (Å²) in [5.74, 6) is 0.955. The summed E-state index contributed by atoms with van der Waals surface area (Å²) in [6.07, 6.45) is 1.51. The van der Waals surface area contributed by atoms with Crippen LogP contribution in [0.3, 0.4) is 0 Å². The van der Waals surface area contributed by atoms with Crippen molar-refractivity contribution >= 4 is 17.6 Å². The van der Waals surface area contributed by atoms with E-state index in [1.54, 1.807) is 4.90 Å². The van der Waals surface area contributed by atoms with Crippen molar-refractivity contribution in [3.63, 3.8) is 0 Å². The highest BCUT2D eigenvalue weighted by Crippen LogP contribution is 2.22. The van der Waals surface area contributed by atoms with E-state index in [4.69, 9.17) is 0 Å². The van der Waals surface area contributed by atoms with Gasteiger partial charge in [-0.2, -0.15) is 5.10 Å². The van der Waals surface area contributed by atoms with E-state index in [-0.39, 0.29) is 11.8 Å². The molecule has 0 atom stereocenters. The number of aromatic nitrogens is 2. The molecule has 0 fully saturated rings. The van der Waals surface area contributed by atoms with Gasteiger partial charge in [0, 0.05) is 32.0 Å². The minimum Gasteiger partial charge on any atom is -0.352 e. The van der Waals surface area contributed by atoms with Crippen LogP contribution >= 0.6 is 0 Å². The van der Waals surface area contributed by atoms with E-state index < -0.39 is 0 Å². The zero-order valence-electron chi connectivity index (χ0n) is 14.8. The summed E-state index contributed by atoms with van der Waals surface area (Å²) in [5.41, 5.74) is 3.20. The Morgan fingerprint density at radius 1 is 1.24 bits per heavy atom. The van der Waals surface area contributed by atoms with E-state index in [0.29, 0.717) is 38.9 Å². The van der Waals surface area contributed by atoms with Crippen LogP contribution in [0.4, 0.5) is 5.82 Å². The van der Waals surface area contributed by atoms with Crippen molar-refractivity contribution in [2.75, 3.05) is 11.4 Å². The van der Waals surface area contributed by atoms with E-state index >= 15 is 0 Å². The number of hydrogen-bond donors (Lipinski definition) is 1. The van der Waals surface area contributed by atoms with Crippen molar-refractivity contribution < 1.29 is 9.59 Å². The van der Waals surface area contributed by atoms with Crippen molar-refractivity contribution in [1.82, 2.24) is 15.1 Å². The summed E-state index contributed by atoms with van der Waals surface area (Å²) in [6, 6.07) is 10.0. The first-order chi connectivity index (χ1) is 12.0. The first-order valence-electron chi connectivity index (χ1n) is 8.70. The molecule has 1 aliphatic heterocycles. The Kier molecular flexibility index (Phi) is 5.16. The molecular formula is C19H24N4O2. The van der Waals surface area contributed by atoms with E-state index in [1.165, 1.54) is 5.56 Å². The molecule has 0 saturated carbocycles. The van der Waals surface area contributed by atoms with Crippen LogP contribution < -0.4 is 10.2 Å². The van der Waals surface area contributed by atoms with Crippen LogP contribution in [0, 0.1) is 13.8 Å². The van der Waals surface area contributed by atoms with E-state index in [9.17, 15) is 9.59 Å². The number of nitrogens with zero attached hydrogens (tertiary/aromatic N) is 3. The molecule has 0 aliphatic carbocycles. The monoisotopic (exact) mass is 340 g/mol. The minimum atomic E-state index is 0.00900. The predicted molar refractivity (Wildman–Crippen MR) is 96.2 cm³/mol. The molecule has 1 aliphatic rings. The summed E-state index contributed by atoms with van der Waals surface area (Å²) in [4.78, 5) is 25.9. The summed E-state index contributed by atoms with van der Waals surface area (Å²) in [7, 11) is 0. The number of benzene rings is 1. The maximum Gasteiger partial charge on any atom is 0.229 e. The third kappa shape index (κ3) is 4.26. The first-order valence-corrected chi connectivity index (χ1v) is 8.70. The van der Waals surface area contributed by atoms with Gasteiger partial charge in [0.2, 0.25) is 11.8 Å². The fraction of sp³-hybridized carbons (Fsp3) is 0.421. The van der Waals surface area contributed by atoms with E-state index in [2.05, 4.69) is 10.4 Å². The average Bonchev–Trinajstić information content (AvgIpc) is 2.97. The van der Waals surface area contributed by atoms with Gasteiger partial charge >= 0.3 is 0 Å². The smallest absolute Gasteiger partial charge is 0.229 e. The lowest BCUT2D eigenvalue weighted by Gasteiger charge is -2.27. The van der Waals surface area contributed by atoms with Crippen LogP contribution in [-0.4, -0.2) is 28.1 Å². The second-order valence-corrected chi connectivity index (χ2v) is 6.53. The maximum absolute atomic E-state index is 12.2. The first kappa shape index (κ1) is 17.2. The SMILES string of the molecule is Cc1ccc(CNC(=O)CCCN2C(=O)CCn3nc(C)cc32)cc1. The predicted octanol–water partition coefficient (Wildman–Crippen LogP) is 2.33. The second kappa shape index (κ2) is 7.51. The molecule has 0 spiro atoms. The van der Waals surface area contributed by atoms with Crippen molar-refractivity contribution in [1.29, 1.82) is 0 Å². The number of nitrogens with one attached hydrogen (secondary N) is 1. The Hall–Kier alpha value is -2.63. The van der Waals surface area contributed by atoms with Gasteiger partial charge in [0.1, 0.15) is 5.82 Å². The van der Waals surface area contributed by atoms with Crippen molar-refractivity contribution in [3.8, 4) is 0 Å². The molecule has 0 bridgehead atoms. The lowest BCUT2D eigenvalue weighted by Crippen LogP contribution is -2.38. The van der Waals surface area contributed by atoms with Gasteiger partial charge in [-0.15, -0.1) is 0 Å². The van der Waals surface area contributed by atoms with Gasteiger partial charge in [0.15, 0.2) is 0 Å². The normalized spacial score (nSPS) is 13.7. The minimum absolute atomic E-state index is 0.00900. The van der Waals surface area contributed by atoms with Crippen LogP contribution in [-0.2, 0) is 22.7 Å². The Morgan fingerprint density at radius 3 is 2.76 bits per heavy atom. The molecule has 1 aromatic carbocycles. The Morgan fingerprint density at radius 2 is 2.00 bits per heavy atom. The van der Waals surface area contributed by atoms with Gasteiger partial charge in [-0.3, -0.25) is 14.5 Å². The molecule has 3 rings (SSSR count). The van der Waals surface area contributed by atoms with E-state index in [1.807, 2.05) is 48.9 Å². The number of anilines is 1. The molecule has 2 aromatic rings. The molecule has 0 saturated heterocycles. The molecule has 0 unspecified atom stereocenters. The molecule has 25 heavy (non-hydrogen) atoms. The van der Waals surface area contributed by atoms with Gasteiger partial charge in [-0.25, -0.2) is 4.68 Å². The molecule has 1 aromatic heterocycles. The largest absolute Gasteiger partial charge is 0.352 e. The standard InChI is InChI=1S/C19H24N4O2/c1-14-5-7-16(8-6-14)13-20-17(24)4-3-10-22-18-12-15(2)21-23(18)11-9-19(22)25/h5-8,12H,3-4,9-11,13H2,1-2H3,(H,20,24). The number of fused-ring (bicyclic) bond motifs is 1. The number of aryl methyl sites for hydroxylation is 3. The van der Waals surface area contributed by atoms with Crippen LogP contribution in [0.5, 0.6) is 0 Å². The van der Waals surface area contributed by atoms with Gasteiger partial charge in [-0.05, 0) is 25.8 Å². The highest BCUT2D eigenvalue weighted by Gasteiger charge is 2.25. The Bertz CT molecular complexity index is 764. The molecule has 1 N–H and O–H groups in total. The molecule has 132 valence electrons. The van der Waals surface area contributed by atoms with Gasteiger partial charge in [-0.1, -0.05) is 29.8 Å². The molecule has 2 amide bonds. The molecule has 6 nitrogen and oxygen atoms in total. The van der Waals surface area contributed by atoms with Crippen LogP contribution in [0.15, 0.2) is 30.3 Å². The number of hydrogen-bond acceptors (Lipinski definition) is 3. The fourth-order valence-corrected chi connectivity index (χ4v) is 3.01. The number of carbonyl (C=O) groups is 2. The second-order valence-electron chi connectivity index (χ2n) is 6.53. The quantitative estimate of drug-likeness (QED) is 0.878. The lowest BCUT2D eigenvalue weighted by atomic mass is 10.1. The average molecular weight is 340 g/mol. The number of amides is 2. The van der Waals surface area contributed by atoms with Gasteiger partial charge in [0.05, 0.1) is 12.2 Å². The Balaban J connectivity index is 1.46. The highest BCUT2D eigenvalue weighted by molar-refractivity contribution is 5.93. The third-order valence-electron chi connectivity index (χ3n) is 4.39. The van der Waals surface area contributed by atoms with Crippen LogP contribution in [0.1, 0.15) is 36.1 Å². The zero-order chi connectivity index (χ0) is 17.8. The number of rotatable bonds is 6. The summed E-state index contributed by atoms with van der Waals surface area (Å²) < 4.78 is 1.87. The molecule has 0 radical (unpaired) electrons. The van der Waals surface area contributed by atoms with Crippen LogP contribution in [0.25, 0.3) is 0 Å². The fourth-order valence-electron chi connectivity index (χ4n) is 3.01. The highest BCUT2D eigenvalue weighted by atomic mass is 16.2. The summed E-state index contributed by atoms with van der Waals surface area (Å²) in [5, 5.41) is 7.32. The zero-order valence-corrected chi connectivity index (χ0v) is 14.8. The summed E-state index contributed by atoms with van der Waals surface area (Å²) >= 11 is 0. The molecule has 2 heterocycles. The maximum atomic E-state index is 12.2. The molecular weight excluding hydrogens is 316 g/mol. The van der Waals surface area contributed by atoms with Gasteiger partial charge in [0.25, 0.3) is 0 Å². The molecule has 6 heteroatoms.